The predicted octanol–water partition coefficient (Wildman–Crippen LogP) is 4.19. The summed E-state index contributed by atoms with van der Waals surface area (Å²) in [4.78, 5) is 27.9. The number of aliphatic imine (C=N–C) groups is 1. The minimum atomic E-state index is -1.03. The van der Waals surface area contributed by atoms with Crippen molar-refractivity contribution in [3.63, 3.8) is 0 Å². The third-order valence-electron chi connectivity index (χ3n) is 3.55. The SMILES string of the molecule is CC(Oc1ccc(/C=C2/SC(=Nc3ccc(Br)cc3)NC2=O)cc1)C(=O)O. The second kappa shape index (κ2) is 8.41. The third-order valence-corrected chi connectivity index (χ3v) is 4.99. The van der Waals surface area contributed by atoms with Gasteiger partial charge < -0.3 is 15.2 Å². The molecule has 1 heterocycles. The highest BCUT2D eigenvalue weighted by atomic mass is 79.9. The molecule has 1 saturated heterocycles. The first-order chi connectivity index (χ1) is 12.9. The van der Waals surface area contributed by atoms with E-state index >= 15 is 0 Å². The molecule has 1 unspecified atom stereocenters. The molecule has 1 amide bonds. The van der Waals surface area contributed by atoms with Gasteiger partial charge >= 0.3 is 5.97 Å². The van der Waals surface area contributed by atoms with Crippen LogP contribution in [0.15, 0.2) is 62.9 Å². The van der Waals surface area contributed by atoms with Crippen LogP contribution in [0.5, 0.6) is 5.75 Å². The first kappa shape index (κ1) is 19.2. The van der Waals surface area contributed by atoms with Crippen molar-refractivity contribution >= 4 is 56.5 Å². The molecule has 138 valence electrons. The number of ether oxygens (including phenoxy) is 1. The van der Waals surface area contributed by atoms with Crippen molar-refractivity contribution in [3.8, 4) is 5.75 Å². The number of benzene rings is 2. The van der Waals surface area contributed by atoms with E-state index in [2.05, 4.69) is 26.2 Å². The molecule has 1 aliphatic rings. The second-order valence-electron chi connectivity index (χ2n) is 5.63. The van der Waals surface area contributed by atoms with Crippen molar-refractivity contribution in [2.75, 3.05) is 0 Å². The highest BCUT2D eigenvalue weighted by Crippen LogP contribution is 2.29. The van der Waals surface area contributed by atoms with Gasteiger partial charge in [0.25, 0.3) is 5.91 Å². The molecule has 1 aliphatic heterocycles. The van der Waals surface area contributed by atoms with Crippen LogP contribution in [0.4, 0.5) is 5.69 Å². The van der Waals surface area contributed by atoms with Crippen molar-refractivity contribution < 1.29 is 19.4 Å². The molecule has 1 atom stereocenters. The molecular formula is C19H15BrN2O4S. The number of amidine groups is 1. The van der Waals surface area contributed by atoms with Gasteiger partial charge in [-0.05, 0) is 66.7 Å². The summed E-state index contributed by atoms with van der Waals surface area (Å²) in [5.74, 6) is -0.790. The van der Waals surface area contributed by atoms with Crippen LogP contribution in [-0.2, 0) is 9.59 Å². The molecule has 0 aromatic heterocycles. The van der Waals surface area contributed by atoms with Crippen molar-refractivity contribution in [1.29, 1.82) is 0 Å². The summed E-state index contributed by atoms with van der Waals surface area (Å²) in [5.41, 5.74) is 1.55. The van der Waals surface area contributed by atoms with Gasteiger partial charge in [-0.25, -0.2) is 9.79 Å². The number of amides is 1. The average Bonchev–Trinajstić information content (AvgIpc) is 2.97. The zero-order valence-electron chi connectivity index (χ0n) is 14.2. The normalized spacial score (nSPS) is 17.8. The van der Waals surface area contributed by atoms with E-state index in [4.69, 9.17) is 9.84 Å². The van der Waals surface area contributed by atoms with Gasteiger partial charge in [0.1, 0.15) is 5.75 Å². The maximum atomic E-state index is 12.1. The molecule has 0 saturated carbocycles. The molecule has 3 rings (SSSR count). The van der Waals surface area contributed by atoms with Crippen LogP contribution in [-0.4, -0.2) is 28.3 Å². The van der Waals surface area contributed by atoms with Gasteiger partial charge in [0.15, 0.2) is 11.3 Å². The predicted molar refractivity (Wildman–Crippen MR) is 109 cm³/mol. The van der Waals surface area contributed by atoms with Gasteiger partial charge in [0, 0.05) is 4.47 Å². The quantitative estimate of drug-likeness (QED) is 0.672. The number of carbonyl (C=O) groups excluding carboxylic acids is 1. The Hall–Kier alpha value is -2.58. The summed E-state index contributed by atoms with van der Waals surface area (Å²) in [6.07, 6.45) is 0.817. The van der Waals surface area contributed by atoms with Gasteiger partial charge in [-0.3, -0.25) is 4.79 Å². The summed E-state index contributed by atoms with van der Waals surface area (Å²) in [6, 6.07) is 14.3. The maximum absolute atomic E-state index is 12.1. The number of hydrogen-bond donors (Lipinski definition) is 2. The lowest BCUT2D eigenvalue weighted by molar-refractivity contribution is -0.144. The monoisotopic (exact) mass is 446 g/mol. The van der Waals surface area contributed by atoms with E-state index < -0.39 is 12.1 Å². The molecule has 0 aliphatic carbocycles. The van der Waals surface area contributed by atoms with E-state index in [-0.39, 0.29) is 5.91 Å². The summed E-state index contributed by atoms with van der Waals surface area (Å²) in [6.45, 7) is 1.46. The number of aliphatic carboxylic acids is 1. The Kier molecular flexibility index (Phi) is 5.98. The summed E-state index contributed by atoms with van der Waals surface area (Å²) in [7, 11) is 0. The molecule has 0 radical (unpaired) electrons. The van der Waals surface area contributed by atoms with Crippen LogP contribution in [0.2, 0.25) is 0 Å². The molecule has 2 N–H and O–H groups in total. The zero-order valence-corrected chi connectivity index (χ0v) is 16.6. The number of halogens is 1. The van der Waals surface area contributed by atoms with Gasteiger partial charge in [-0.2, -0.15) is 0 Å². The number of rotatable bonds is 5. The molecule has 0 spiro atoms. The van der Waals surface area contributed by atoms with E-state index in [1.165, 1.54) is 18.7 Å². The summed E-state index contributed by atoms with van der Waals surface area (Å²) < 4.78 is 6.25. The summed E-state index contributed by atoms with van der Waals surface area (Å²) in [5, 5.41) is 12.1. The van der Waals surface area contributed by atoms with Crippen molar-refractivity contribution in [1.82, 2.24) is 5.32 Å². The number of carboxylic acids is 1. The smallest absolute Gasteiger partial charge is 0.344 e. The lowest BCUT2D eigenvalue weighted by Crippen LogP contribution is -2.22. The molecule has 27 heavy (non-hydrogen) atoms. The molecule has 6 nitrogen and oxygen atoms in total. The van der Waals surface area contributed by atoms with E-state index in [0.29, 0.717) is 15.8 Å². The fourth-order valence-corrected chi connectivity index (χ4v) is 3.27. The fourth-order valence-electron chi connectivity index (χ4n) is 2.16. The van der Waals surface area contributed by atoms with Gasteiger partial charge in [-0.1, -0.05) is 28.1 Å². The number of nitrogens with one attached hydrogen (secondary N) is 1. The minimum absolute atomic E-state index is 0.212. The van der Waals surface area contributed by atoms with Gasteiger partial charge in [0.05, 0.1) is 10.6 Å². The van der Waals surface area contributed by atoms with E-state index in [9.17, 15) is 9.59 Å². The average molecular weight is 447 g/mol. The topological polar surface area (TPSA) is 88.0 Å². The van der Waals surface area contributed by atoms with Crippen molar-refractivity contribution in [2.45, 2.75) is 13.0 Å². The third kappa shape index (κ3) is 5.21. The Morgan fingerprint density at radius 1 is 1.22 bits per heavy atom. The zero-order chi connectivity index (χ0) is 19.4. The largest absolute Gasteiger partial charge is 0.479 e. The minimum Gasteiger partial charge on any atom is -0.479 e. The van der Waals surface area contributed by atoms with Gasteiger partial charge in [-0.15, -0.1) is 0 Å². The molecule has 1 fully saturated rings. The van der Waals surface area contributed by atoms with Crippen LogP contribution in [0.25, 0.3) is 6.08 Å². The highest BCUT2D eigenvalue weighted by Gasteiger charge is 2.23. The standard InChI is InChI=1S/C19H15BrN2O4S/c1-11(18(24)25)26-15-8-2-12(3-9-15)10-16-17(23)22-19(27-16)21-14-6-4-13(20)5-7-14/h2-11H,1H3,(H,24,25)(H,21,22,23)/b16-10+. The number of thioether (sulfide) groups is 1. The highest BCUT2D eigenvalue weighted by molar-refractivity contribution is 9.10. The Morgan fingerprint density at radius 3 is 2.52 bits per heavy atom. The lowest BCUT2D eigenvalue weighted by Gasteiger charge is -2.10. The number of carbonyl (C=O) groups is 2. The number of carboxylic acid groups (broad SMARTS) is 1. The molecule has 2 aromatic carbocycles. The second-order valence-corrected chi connectivity index (χ2v) is 7.57. The maximum Gasteiger partial charge on any atom is 0.344 e. The Balaban J connectivity index is 1.70. The molecule has 0 bridgehead atoms. The van der Waals surface area contributed by atoms with Crippen molar-refractivity contribution in [3.05, 3.63) is 63.5 Å². The van der Waals surface area contributed by atoms with Crippen LogP contribution in [0.3, 0.4) is 0 Å². The van der Waals surface area contributed by atoms with Gasteiger partial charge in [0.2, 0.25) is 0 Å². The van der Waals surface area contributed by atoms with Crippen LogP contribution in [0.1, 0.15) is 12.5 Å². The first-order valence-corrected chi connectivity index (χ1v) is 9.56. The van der Waals surface area contributed by atoms with Crippen molar-refractivity contribution in [2.24, 2.45) is 4.99 Å². The number of hydrogen-bond acceptors (Lipinski definition) is 5. The Bertz CT molecular complexity index is 924. The van der Waals surface area contributed by atoms with E-state index in [1.54, 1.807) is 30.3 Å². The lowest BCUT2D eigenvalue weighted by atomic mass is 10.2. The van der Waals surface area contributed by atoms with Crippen LogP contribution < -0.4 is 10.1 Å². The van der Waals surface area contributed by atoms with E-state index in [1.807, 2.05) is 24.3 Å². The molecule has 8 heteroatoms. The fraction of sp³-hybridized carbons (Fsp3) is 0.105. The van der Waals surface area contributed by atoms with Crippen LogP contribution in [0, 0.1) is 0 Å². The Morgan fingerprint density at radius 2 is 1.89 bits per heavy atom. The molecular weight excluding hydrogens is 432 g/mol. The summed E-state index contributed by atoms with van der Waals surface area (Å²) >= 11 is 4.63. The van der Waals surface area contributed by atoms with Crippen LogP contribution >= 0.6 is 27.7 Å². The number of nitrogens with zero attached hydrogens (tertiary/aromatic N) is 1. The molecule has 2 aromatic rings. The van der Waals surface area contributed by atoms with E-state index in [0.717, 1.165) is 15.7 Å². The first-order valence-electron chi connectivity index (χ1n) is 7.95. The Labute approximate surface area is 168 Å².